The molecule has 7 nitrogen and oxygen atoms in total. The van der Waals surface area contributed by atoms with E-state index in [0.29, 0.717) is 17.7 Å². The van der Waals surface area contributed by atoms with E-state index in [-0.39, 0.29) is 11.7 Å². The fourth-order valence-corrected chi connectivity index (χ4v) is 3.82. The lowest BCUT2D eigenvalue weighted by Gasteiger charge is -2.20. The van der Waals surface area contributed by atoms with Crippen molar-refractivity contribution >= 4 is 23.4 Å². The zero-order valence-corrected chi connectivity index (χ0v) is 15.8. The number of aromatic nitrogens is 3. The van der Waals surface area contributed by atoms with Crippen molar-refractivity contribution in [3.63, 3.8) is 0 Å². The van der Waals surface area contributed by atoms with Crippen LogP contribution in [0.3, 0.4) is 0 Å². The number of nitrogens with one attached hydrogen (secondary N) is 1. The Balaban J connectivity index is 1.52. The topological polar surface area (TPSA) is 95.1 Å². The highest BCUT2D eigenvalue weighted by Crippen LogP contribution is 2.32. The number of amides is 1. The Morgan fingerprint density at radius 2 is 2.00 bits per heavy atom. The maximum atomic E-state index is 12.2. The minimum atomic E-state index is -0.110. The summed E-state index contributed by atoms with van der Waals surface area (Å²) in [5.41, 5.74) is 0.733. The fourth-order valence-electron chi connectivity index (χ4n) is 3.15. The van der Waals surface area contributed by atoms with Gasteiger partial charge < -0.3 is 15.9 Å². The monoisotopic (exact) mass is 375 g/mol. The van der Waals surface area contributed by atoms with Gasteiger partial charge in [-0.2, -0.15) is 0 Å². The summed E-state index contributed by atoms with van der Waals surface area (Å²) in [6.07, 6.45) is 5.92. The van der Waals surface area contributed by atoms with Crippen LogP contribution < -0.4 is 15.9 Å². The molecular weight excluding hydrogens is 350 g/mol. The highest BCUT2D eigenvalue weighted by atomic mass is 32.2. The Bertz CT molecular complexity index is 726. The van der Waals surface area contributed by atoms with Crippen molar-refractivity contribution in [1.29, 1.82) is 0 Å². The first kappa shape index (κ1) is 18.6. The minimum Gasteiger partial charge on any atom is -0.494 e. The van der Waals surface area contributed by atoms with Crippen LogP contribution in [0.4, 0.5) is 5.69 Å². The van der Waals surface area contributed by atoms with Gasteiger partial charge in [0, 0.05) is 11.6 Å². The summed E-state index contributed by atoms with van der Waals surface area (Å²) in [4.78, 5) is 12.2. The molecule has 1 aromatic heterocycles. The van der Waals surface area contributed by atoms with Crippen LogP contribution >= 0.6 is 11.8 Å². The van der Waals surface area contributed by atoms with Crippen LogP contribution in [0.15, 0.2) is 29.4 Å². The maximum absolute atomic E-state index is 12.2. The van der Waals surface area contributed by atoms with Crippen LogP contribution in [-0.4, -0.2) is 33.1 Å². The summed E-state index contributed by atoms with van der Waals surface area (Å²) in [5, 5.41) is 11.8. The van der Waals surface area contributed by atoms with E-state index >= 15 is 0 Å². The van der Waals surface area contributed by atoms with Crippen molar-refractivity contribution in [2.24, 2.45) is 0 Å². The van der Waals surface area contributed by atoms with Gasteiger partial charge in [-0.1, -0.05) is 31.0 Å². The summed E-state index contributed by atoms with van der Waals surface area (Å²) in [7, 11) is 0. The molecule has 0 bridgehead atoms. The molecule has 1 aromatic carbocycles. The van der Waals surface area contributed by atoms with Gasteiger partial charge in [0.25, 0.3) is 0 Å². The van der Waals surface area contributed by atoms with Crippen molar-refractivity contribution < 1.29 is 9.53 Å². The SMILES string of the molecule is CCOc1ccc(NC(=O)CSc2nnc(C3CCCCC3)n2N)cc1. The van der Waals surface area contributed by atoms with Crippen molar-refractivity contribution in [1.82, 2.24) is 14.9 Å². The van der Waals surface area contributed by atoms with E-state index in [2.05, 4.69) is 15.5 Å². The van der Waals surface area contributed by atoms with Gasteiger partial charge in [-0.05, 0) is 44.0 Å². The number of anilines is 1. The van der Waals surface area contributed by atoms with Crippen LogP contribution in [-0.2, 0) is 4.79 Å². The summed E-state index contributed by atoms with van der Waals surface area (Å²) >= 11 is 1.30. The predicted octanol–water partition coefficient (Wildman–Crippen LogP) is 3.17. The highest BCUT2D eigenvalue weighted by molar-refractivity contribution is 7.99. The summed E-state index contributed by atoms with van der Waals surface area (Å²) in [5.74, 6) is 8.26. The molecule has 0 radical (unpaired) electrons. The van der Waals surface area contributed by atoms with E-state index in [1.165, 1.54) is 31.0 Å². The summed E-state index contributed by atoms with van der Waals surface area (Å²) in [6, 6.07) is 7.30. The second kappa shape index (κ2) is 8.93. The van der Waals surface area contributed by atoms with Gasteiger partial charge in [0.15, 0.2) is 5.82 Å². The third-order valence-electron chi connectivity index (χ3n) is 4.44. The molecular formula is C18H25N5O2S. The zero-order valence-electron chi connectivity index (χ0n) is 15.0. The van der Waals surface area contributed by atoms with Crippen LogP contribution in [0.2, 0.25) is 0 Å². The van der Waals surface area contributed by atoms with Gasteiger partial charge in [-0.25, -0.2) is 4.68 Å². The predicted molar refractivity (Wildman–Crippen MR) is 103 cm³/mol. The average molecular weight is 375 g/mol. The Morgan fingerprint density at radius 1 is 1.27 bits per heavy atom. The largest absolute Gasteiger partial charge is 0.494 e. The van der Waals surface area contributed by atoms with E-state index in [9.17, 15) is 4.79 Å². The standard InChI is InChI=1S/C18H25N5O2S/c1-2-25-15-10-8-14(9-11-15)20-16(24)12-26-18-22-21-17(23(18)19)13-6-4-3-5-7-13/h8-11,13H,2-7,12,19H2,1H3,(H,20,24). The van der Waals surface area contributed by atoms with Gasteiger partial charge in [-0.3, -0.25) is 4.79 Å². The Morgan fingerprint density at radius 3 is 2.69 bits per heavy atom. The second-order valence-electron chi connectivity index (χ2n) is 6.34. The van der Waals surface area contributed by atoms with Crippen LogP contribution in [0, 0.1) is 0 Å². The molecule has 0 spiro atoms. The Kier molecular flexibility index (Phi) is 6.38. The van der Waals surface area contributed by atoms with E-state index < -0.39 is 0 Å². The van der Waals surface area contributed by atoms with Crippen molar-refractivity contribution in [3.05, 3.63) is 30.1 Å². The number of carbonyl (C=O) groups is 1. The second-order valence-corrected chi connectivity index (χ2v) is 7.28. The molecule has 1 amide bonds. The first-order chi connectivity index (χ1) is 12.7. The first-order valence-electron chi connectivity index (χ1n) is 9.03. The molecule has 0 aliphatic heterocycles. The Hall–Kier alpha value is -2.22. The van der Waals surface area contributed by atoms with Crippen LogP contribution in [0.5, 0.6) is 5.75 Å². The molecule has 1 aliphatic rings. The maximum Gasteiger partial charge on any atom is 0.234 e. The highest BCUT2D eigenvalue weighted by Gasteiger charge is 2.22. The number of carbonyl (C=O) groups excluding carboxylic acids is 1. The molecule has 1 fully saturated rings. The molecule has 2 aromatic rings. The number of hydrogen-bond donors (Lipinski definition) is 2. The lowest BCUT2D eigenvalue weighted by molar-refractivity contribution is -0.113. The lowest BCUT2D eigenvalue weighted by atomic mass is 9.89. The van der Waals surface area contributed by atoms with E-state index in [4.69, 9.17) is 10.6 Å². The van der Waals surface area contributed by atoms with Crippen molar-refractivity contribution in [2.75, 3.05) is 23.5 Å². The number of ether oxygens (including phenoxy) is 1. The van der Waals surface area contributed by atoms with Gasteiger partial charge in [0.2, 0.25) is 11.1 Å². The minimum absolute atomic E-state index is 0.110. The number of thioether (sulfide) groups is 1. The Labute approximate surface area is 157 Å². The zero-order chi connectivity index (χ0) is 18.4. The van der Waals surface area contributed by atoms with E-state index in [0.717, 1.165) is 30.1 Å². The molecule has 140 valence electrons. The molecule has 8 heteroatoms. The third-order valence-corrected chi connectivity index (χ3v) is 5.39. The van der Waals surface area contributed by atoms with E-state index in [1.807, 2.05) is 31.2 Å². The summed E-state index contributed by atoms with van der Waals surface area (Å²) < 4.78 is 6.93. The molecule has 26 heavy (non-hydrogen) atoms. The first-order valence-corrected chi connectivity index (χ1v) is 10.0. The van der Waals surface area contributed by atoms with Gasteiger partial charge >= 0.3 is 0 Å². The number of nitrogens with two attached hydrogens (primary N) is 1. The van der Waals surface area contributed by atoms with Gasteiger partial charge in [0.05, 0.1) is 12.4 Å². The average Bonchev–Trinajstić information content (AvgIpc) is 3.03. The number of benzene rings is 1. The molecule has 1 saturated carbocycles. The van der Waals surface area contributed by atoms with Crippen molar-refractivity contribution in [2.45, 2.75) is 50.1 Å². The van der Waals surface area contributed by atoms with Crippen molar-refractivity contribution in [3.8, 4) is 5.75 Å². The molecule has 3 rings (SSSR count). The lowest BCUT2D eigenvalue weighted by Crippen LogP contribution is -2.19. The molecule has 0 atom stereocenters. The fraction of sp³-hybridized carbons (Fsp3) is 0.500. The van der Waals surface area contributed by atoms with E-state index in [1.54, 1.807) is 4.68 Å². The number of nitrogens with zero attached hydrogens (tertiary/aromatic N) is 3. The number of rotatable bonds is 7. The molecule has 1 aliphatic carbocycles. The molecule has 3 N–H and O–H groups in total. The molecule has 1 heterocycles. The van der Waals surface area contributed by atoms with Crippen LogP contribution in [0.1, 0.15) is 50.8 Å². The van der Waals surface area contributed by atoms with Gasteiger partial charge in [0.1, 0.15) is 5.75 Å². The number of hydrogen-bond acceptors (Lipinski definition) is 6. The third kappa shape index (κ3) is 4.69. The molecule has 0 saturated heterocycles. The normalized spacial score (nSPS) is 15.0. The van der Waals surface area contributed by atoms with Gasteiger partial charge in [-0.15, -0.1) is 10.2 Å². The smallest absolute Gasteiger partial charge is 0.234 e. The van der Waals surface area contributed by atoms with Crippen LogP contribution in [0.25, 0.3) is 0 Å². The quantitative estimate of drug-likeness (QED) is 0.570. The molecule has 0 unspecified atom stereocenters. The number of nitrogen functional groups attached to an aromatic ring is 1. The summed E-state index contributed by atoms with van der Waals surface area (Å²) in [6.45, 7) is 2.55.